The van der Waals surface area contributed by atoms with E-state index in [1.54, 1.807) is 24.9 Å². The zero-order valence-corrected chi connectivity index (χ0v) is 20.5. The van der Waals surface area contributed by atoms with Crippen LogP contribution in [0.5, 0.6) is 11.6 Å². The highest BCUT2D eigenvalue weighted by Gasteiger charge is 2.29. The number of benzene rings is 2. The largest absolute Gasteiger partial charge is 0.489 e. The highest BCUT2D eigenvalue weighted by molar-refractivity contribution is 6.34. The van der Waals surface area contributed by atoms with Gasteiger partial charge >= 0.3 is 6.03 Å². The Morgan fingerprint density at radius 2 is 2.00 bits per heavy atom. The molecule has 1 saturated carbocycles. The molecule has 1 heterocycles. The van der Waals surface area contributed by atoms with E-state index in [1.807, 2.05) is 31.2 Å². The lowest BCUT2D eigenvalue weighted by atomic mass is 10.0. The Labute approximate surface area is 203 Å². The Balaban J connectivity index is 1.61. The van der Waals surface area contributed by atoms with Gasteiger partial charge in [0.1, 0.15) is 23.1 Å². The number of ether oxygens (including phenoxy) is 2. The van der Waals surface area contributed by atoms with Crippen molar-refractivity contribution < 1.29 is 14.3 Å². The normalized spacial score (nSPS) is 13.0. The molecule has 0 bridgehead atoms. The van der Waals surface area contributed by atoms with Crippen molar-refractivity contribution in [3.05, 3.63) is 58.1 Å². The summed E-state index contributed by atoms with van der Waals surface area (Å²) in [6, 6.07) is 11.0. The summed E-state index contributed by atoms with van der Waals surface area (Å²) in [6.07, 6.45) is 2.21. The van der Waals surface area contributed by atoms with Crippen molar-refractivity contribution >= 4 is 23.3 Å². The molecule has 0 unspecified atom stereocenters. The minimum absolute atomic E-state index is 0.260. The van der Waals surface area contributed by atoms with E-state index in [0.29, 0.717) is 34.0 Å². The van der Waals surface area contributed by atoms with Crippen molar-refractivity contribution in [3.63, 3.8) is 0 Å². The molecular formula is C24H29ClN6O3. The number of urea groups is 1. The number of rotatable bonds is 7. The highest BCUT2D eigenvalue weighted by Crippen LogP contribution is 2.44. The third-order valence-electron chi connectivity index (χ3n) is 5.93. The van der Waals surface area contributed by atoms with Gasteiger partial charge in [-0.2, -0.15) is 5.10 Å². The second kappa shape index (κ2) is 9.54. The van der Waals surface area contributed by atoms with E-state index in [-0.39, 0.29) is 6.61 Å². The number of hydrogen-bond donors (Lipinski definition) is 2. The molecule has 2 amide bonds. The number of carbonyl (C=O) groups is 1. The van der Waals surface area contributed by atoms with Crippen LogP contribution in [0.2, 0.25) is 5.02 Å². The van der Waals surface area contributed by atoms with Crippen molar-refractivity contribution in [1.82, 2.24) is 14.8 Å². The van der Waals surface area contributed by atoms with Gasteiger partial charge in [0.2, 0.25) is 5.88 Å². The van der Waals surface area contributed by atoms with Gasteiger partial charge in [-0.1, -0.05) is 23.7 Å². The average molecular weight is 485 g/mol. The molecule has 0 radical (unpaired) electrons. The molecule has 9 nitrogen and oxygen atoms in total. The first-order chi connectivity index (χ1) is 16.2. The highest BCUT2D eigenvalue weighted by atomic mass is 35.5. The fourth-order valence-corrected chi connectivity index (χ4v) is 4.37. The number of hydrazine groups is 2. The number of anilines is 1. The van der Waals surface area contributed by atoms with Gasteiger partial charge in [-0.15, -0.1) is 0 Å². The predicted octanol–water partition coefficient (Wildman–Crippen LogP) is 4.12. The molecule has 180 valence electrons. The lowest BCUT2D eigenvalue weighted by Gasteiger charge is -2.25. The summed E-state index contributed by atoms with van der Waals surface area (Å²) in [7, 11) is 4.79. The molecule has 0 spiro atoms. The number of carbonyl (C=O) groups excluding carboxylic acids is 1. The molecule has 4 rings (SSSR count). The summed E-state index contributed by atoms with van der Waals surface area (Å²) < 4.78 is 13.1. The monoisotopic (exact) mass is 484 g/mol. The van der Waals surface area contributed by atoms with Crippen molar-refractivity contribution in [3.8, 4) is 22.9 Å². The third-order valence-corrected chi connectivity index (χ3v) is 6.27. The van der Waals surface area contributed by atoms with Crippen LogP contribution in [0.25, 0.3) is 11.3 Å². The van der Waals surface area contributed by atoms with Gasteiger partial charge in [0.15, 0.2) is 0 Å². The molecule has 1 aliphatic rings. The standard InChI is InChI=1S/C24H29ClN6O3/c1-14-12-16(22-21(25)23(33-4)30(3)28-22)10-11-20(14)34-13-18-17(15-8-9-15)6-5-7-19(18)31(27)24(32)29(2)26/h5-7,10-12,15H,8-9,13,26-27H2,1-4H3. The summed E-state index contributed by atoms with van der Waals surface area (Å²) >= 11 is 6.45. The van der Waals surface area contributed by atoms with Gasteiger partial charge in [0.05, 0.1) is 12.8 Å². The fraction of sp³-hybridized carbons (Fsp3) is 0.333. The summed E-state index contributed by atoms with van der Waals surface area (Å²) in [5, 5.41) is 6.95. The number of nitrogens with two attached hydrogens (primary N) is 2. The topological polar surface area (TPSA) is 112 Å². The van der Waals surface area contributed by atoms with Crippen molar-refractivity contribution in [2.75, 3.05) is 19.2 Å². The number of hydrogen-bond acceptors (Lipinski definition) is 6. The summed E-state index contributed by atoms with van der Waals surface area (Å²) in [5.74, 6) is 13.4. The Morgan fingerprint density at radius 3 is 2.59 bits per heavy atom. The van der Waals surface area contributed by atoms with Gasteiger partial charge < -0.3 is 9.47 Å². The van der Waals surface area contributed by atoms with Crippen LogP contribution < -0.4 is 26.2 Å². The molecule has 0 aliphatic heterocycles. The first kappa shape index (κ1) is 23.9. The average Bonchev–Trinajstić information content (AvgIpc) is 3.62. The van der Waals surface area contributed by atoms with Gasteiger partial charge in [0.25, 0.3) is 0 Å². The molecule has 10 heteroatoms. The molecule has 0 saturated heterocycles. The molecule has 4 N–H and O–H groups in total. The number of nitrogens with zero attached hydrogens (tertiary/aromatic N) is 4. The van der Waals surface area contributed by atoms with Crippen LogP contribution in [0.3, 0.4) is 0 Å². The van der Waals surface area contributed by atoms with E-state index in [0.717, 1.165) is 45.1 Å². The van der Waals surface area contributed by atoms with Gasteiger partial charge in [-0.25, -0.2) is 26.2 Å². The third kappa shape index (κ3) is 4.54. The molecular weight excluding hydrogens is 456 g/mol. The molecule has 3 aromatic rings. The van der Waals surface area contributed by atoms with Crippen LogP contribution in [-0.4, -0.2) is 35.0 Å². The van der Waals surface area contributed by atoms with Gasteiger partial charge in [-0.05, 0) is 61.1 Å². The molecule has 34 heavy (non-hydrogen) atoms. The van der Waals surface area contributed by atoms with Crippen LogP contribution >= 0.6 is 11.6 Å². The molecule has 2 aromatic carbocycles. The summed E-state index contributed by atoms with van der Waals surface area (Å²) in [4.78, 5) is 12.4. The van der Waals surface area contributed by atoms with Crippen LogP contribution in [-0.2, 0) is 13.7 Å². The quantitative estimate of drug-likeness (QED) is 0.296. The van der Waals surface area contributed by atoms with E-state index < -0.39 is 6.03 Å². The molecule has 1 aliphatic carbocycles. The maximum atomic E-state index is 12.4. The van der Waals surface area contributed by atoms with E-state index in [1.165, 1.54) is 7.05 Å². The number of halogens is 1. The summed E-state index contributed by atoms with van der Waals surface area (Å²) in [6.45, 7) is 2.22. The second-order valence-corrected chi connectivity index (χ2v) is 8.83. The number of methoxy groups -OCH3 is 1. The minimum Gasteiger partial charge on any atom is -0.489 e. The molecule has 1 aromatic heterocycles. The number of amides is 2. The Bertz CT molecular complexity index is 1220. The first-order valence-corrected chi connectivity index (χ1v) is 11.3. The van der Waals surface area contributed by atoms with Crippen LogP contribution in [0, 0.1) is 6.92 Å². The van der Waals surface area contributed by atoms with Crippen LogP contribution in [0.15, 0.2) is 36.4 Å². The zero-order valence-electron chi connectivity index (χ0n) is 19.7. The van der Waals surface area contributed by atoms with Gasteiger partial charge in [0, 0.05) is 25.2 Å². The van der Waals surface area contributed by atoms with E-state index in [9.17, 15) is 4.79 Å². The Morgan fingerprint density at radius 1 is 1.26 bits per heavy atom. The lowest BCUT2D eigenvalue weighted by Crippen LogP contribution is -2.49. The fourth-order valence-electron chi connectivity index (χ4n) is 4.02. The van der Waals surface area contributed by atoms with Gasteiger partial charge in [-0.3, -0.25) is 5.01 Å². The van der Waals surface area contributed by atoms with E-state index in [2.05, 4.69) is 11.2 Å². The van der Waals surface area contributed by atoms with Crippen molar-refractivity contribution in [1.29, 1.82) is 0 Å². The lowest BCUT2D eigenvalue weighted by molar-refractivity contribution is 0.216. The first-order valence-electron chi connectivity index (χ1n) is 10.9. The number of aryl methyl sites for hydroxylation is 2. The molecule has 1 fully saturated rings. The van der Waals surface area contributed by atoms with Crippen LogP contribution in [0.4, 0.5) is 10.5 Å². The van der Waals surface area contributed by atoms with E-state index in [4.69, 9.17) is 32.8 Å². The zero-order chi connectivity index (χ0) is 24.6. The minimum atomic E-state index is -0.516. The molecule has 0 atom stereocenters. The predicted molar refractivity (Wildman–Crippen MR) is 132 cm³/mol. The second-order valence-electron chi connectivity index (χ2n) is 8.45. The Kier molecular flexibility index (Phi) is 6.70. The van der Waals surface area contributed by atoms with E-state index >= 15 is 0 Å². The maximum Gasteiger partial charge on any atom is 0.352 e. The SMILES string of the molecule is COc1c(Cl)c(-c2ccc(OCc3c(C4CC4)cccc3N(N)C(=O)N(C)N)c(C)c2)nn1C. The smallest absolute Gasteiger partial charge is 0.352 e. The summed E-state index contributed by atoms with van der Waals surface area (Å²) in [5.41, 5.74) is 5.02. The van der Waals surface area contributed by atoms with Crippen LogP contribution in [0.1, 0.15) is 35.4 Å². The number of aromatic nitrogens is 2. The van der Waals surface area contributed by atoms with Crippen molar-refractivity contribution in [2.45, 2.75) is 32.3 Å². The Hall–Kier alpha value is -3.27. The van der Waals surface area contributed by atoms with Crippen molar-refractivity contribution in [2.24, 2.45) is 18.7 Å². The maximum absolute atomic E-state index is 12.4.